The Morgan fingerprint density at radius 2 is 1.83 bits per heavy atom. The van der Waals surface area contributed by atoms with Crippen molar-refractivity contribution in [1.29, 1.82) is 0 Å². The van der Waals surface area contributed by atoms with Crippen molar-refractivity contribution in [3.05, 3.63) is 60.2 Å². The molecule has 0 spiro atoms. The number of carbonyl (C=O) groups excluding carboxylic acids is 1. The molecule has 1 fully saturated rings. The molecule has 1 heterocycles. The second-order valence-corrected chi connectivity index (χ2v) is 9.45. The third-order valence-electron chi connectivity index (χ3n) is 4.94. The standard InChI is InChI=1S/C22H28N2O4S/c1-16(2)28-19-10-7-9-18(15-19)17(3)23-22(25)21-13-8-14-24(21)29(26,27)20-11-5-4-6-12-20/h4-7,9-12,15-17,21H,8,13-14H2,1-3H3,(H,23,25)/t17-,21-/m0/s1. The second kappa shape index (κ2) is 8.97. The number of hydrogen-bond donors (Lipinski definition) is 1. The lowest BCUT2D eigenvalue weighted by Gasteiger charge is -2.25. The van der Waals surface area contributed by atoms with Crippen molar-refractivity contribution in [1.82, 2.24) is 9.62 Å². The summed E-state index contributed by atoms with van der Waals surface area (Å²) in [7, 11) is -3.70. The van der Waals surface area contributed by atoms with Gasteiger partial charge in [-0.3, -0.25) is 4.79 Å². The van der Waals surface area contributed by atoms with Crippen molar-refractivity contribution in [3.8, 4) is 5.75 Å². The summed E-state index contributed by atoms with van der Waals surface area (Å²) in [5.41, 5.74) is 0.909. The van der Waals surface area contributed by atoms with E-state index in [0.717, 1.165) is 11.3 Å². The Morgan fingerprint density at radius 3 is 2.52 bits per heavy atom. The third kappa shape index (κ3) is 4.97. The molecule has 6 nitrogen and oxygen atoms in total. The summed E-state index contributed by atoms with van der Waals surface area (Å²) in [6.07, 6.45) is 1.24. The largest absolute Gasteiger partial charge is 0.491 e. The first kappa shape index (κ1) is 21.3. The minimum absolute atomic E-state index is 0.0605. The molecule has 7 heteroatoms. The zero-order valence-corrected chi connectivity index (χ0v) is 17.9. The molecule has 0 aromatic heterocycles. The van der Waals surface area contributed by atoms with Crippen LogP contribution in [-0.2, 0) is 14.8 Å². The Morgan fingerprint density at radius 1 is 1.10 bits per heavy atom. The SMILES string of the molecule is CC(C)Oc1cccc([C@H](C)NC(=O)[C@@H]2CCCN2S(=O)(=O)c2ccccc2)c1. The van der Waals surface area contributed by atoms with Gasteiger partial charge in [0, 0.05) is 6.54 Å². The van der Waals surface area contributed by atoms with Crippen LogP contribution in [0.1, 0.15) is 45.2 Å². The number of carbonyl (C=O) groups is 1. The molecule has 1 saturated heterocycles. The molecule has 2 aromatic carbocycles. The van der Waals surface area contributed by atoms with E-state index in [4.69, 9.17) is 4.74 Å². The molecule has 0 aliphatic carbocycles. The van der Waals surface area contributed by atoms with Crippen LogP contribution in [0.15, 0.2) is 59.5 Å². The molecule has 3 rings (SSSR count). The van der Waals surface area contributed by atoms with Crippen LogP contribution < -0.4 is 10.1 Å². The van der Waals surface area contributed by atoms with Crippen LogP contribution in [0.5, 0.6) is 5.75 Å². The molecular weight excluding hydrogens is 388 g/mol. The Kier molecular flexibility index (Phi) is 6.59. The summed E-state index contributed by atoms with van der Waals surface area (Å²) in [4.78, 5) is 13.1. The maximum atomic E-state index is 13.0. The molecular formula is C22H28N2O4S. The first-order chi connectivity index (χ1) is 13.8. The van der Waals surface area contributed by atoms with E-state index in [2.05, 4.69) is 5.32 Å². The van der Waals surface area contributed by atoms with E-state index in [1.807, 2.05) is 45.0 Å². The highest BCUT2D eigenvalue weighted by atomic mass is 32.2. The first-order valence-electron chi connectivity index (χ1n) is 9.93. The van der Waals surface area contributed by atoms with Gasteiger partial charge in [0.15, 0.2) is 0 Å². The van der Waals surface area contributed by atoms with Gasteiger partial charge in [-0.2, -0.15) is 4.31 Å². The highest BCUT2D eigenvalue weighted by Gasteiger charge is 2.39. The second-order valence-electron chi connectivity index (χ2n) is 7.56. The third-order valence-corrected chi connectivity index (χ3v) is 6.87. The van der Waals surface area contributed by atoms with Crippen LogP contribution in [0.25, 0.3) is 0 Å². The Bertz CT molecular complexity index is 944. The van der Waals surface area contributed by atoms with Crippen molar-refractivity contribution < 1.29 is 17.9 Å². The Balaban J connectivity index is 1.73. The summed E-state index contributed by atoms with van der Waals surface area (Å²) in [6.45, 7) is 6.15. The van der Waals surface area contributed by atoms with Crippen LogP contribution in [0.3, 0.4) is 0 Å². The van der Waals surface area contributed by atoms with Crippen molar-refractivity contribution >= 4 is 15.9 Å². The van der Waals surface area contributed by atoms with E-state index in [1.54, 1.807) is 30.3 Å². The lowest BCUT2D eigenvalue weighted by atomic mass is 10.1. The van der Waals surface area contributed by atoms with Gasteiger partial charge in [0.1, 0.15) is 11.8 Å². The van der Waals surface area contributed by atoms with E-state index in [-0.39, 0.29) is 22.9 Å². The number of sulfonamides is 1. The minimum Gasteiger partial charge on any atom is -0.491 e. The molecule has 1 aliphatic heterocycles. The number of benzene rings is 2. The van der Waals surface area contributed by atoms with E-state index in [1.165, 1.54) is 4.31 Å². The van der Waals surface area contributed by atoms with Crippen LogP contribution >= 0.6 is 0 Å². The van der Waals surface area contributed by atoms with Gasteiger partial charge in [0.25, 0.3) is 0 Å². The maximum absolute atomic E-state index is 13.0. The number of ether oxygens (including phenoxy) is 1. The zero-order valence-electron chi connectivity index (χ0n) is 17.0. The number of rotatable bonds is 7. The summed E-state index contributed by atoms with van der Waals surface area (Å²) in [5.74, 6) is 0.470. The lowest BCUT2D eigenvalue weighted by molar-refractivity contribution is -0.124. The van der Waals surface area contributed by atoms with Crippen LogP contribution in [0.2, 0.25) is 0 Å². The van der Waals surface area contributed by atoms with Crippen molar-refractivity contribution in [2.24, 2.45) is 0 Å². The molecule has 2 aromatic rings. The van der Waals surface area contributed by atoms with E-state index in [0.29, 0.717) is 19.4 Å². The fourth-order valence-electron chi connectivity index (χ4n) is 3.54. The fraction of sp³-hybridized carbons (Fsp3) is 0.409. The molecule has 1 aliphatic rings. The molecule has 1 N–H and O–H groups in total. The summed E-state index contributed by atoms with van der Waals surface area (Å²) < 4.78 is 33.0. The molecule has 0 radical (unpaired) electrons. The average molecular weight is 417 g/mol. The van der Waals surface area contributed by atoms with Crippen molar-refractivity contribution in [2.75, 3.05) is 6.54 Å². The van der Waals surface area contributed by atoms with Gasteiger partial charge < -0.3 is 10.1 Å². The molecule has 2 atom stereocenters. The number of nitrogens with one attached hydrogen (secondary N) is 1. The zero-order chi connectivity index (χ0) is 21.0. The van der Waals surface area contributed by atoms with Gasteiger partial charge in [0.05, 0.1) is 17.0 Å². The smallest absolute Gasteiger partial charge is 0.243 e. The molecule has 29 heavy (non-hydrogen) atoms. The van der Waals surface area contributed by atoms with Gasteiger partial charge >= 0.3 is 0 Å². The number of amides is 1. The minimum atomic E-state index is -3.70. The van der Waals surface area contributed by atoms with E-state index in [9.17, 15) is 13.2 Å². The number of nitrogens with zero attached hydrogens (tertiary/aromatic N) is 1. The fourth-order valence-corrected chi connectivity index (χ4v) is 5.22. The number of hydrogen-bond acceptors (Lipinski definition) is 4. The van der Waals surface area contributed by atoms with Gasteiger partial charge in [0.2, 0.25) is 15.9 Å². The average Bonchev–Trinajstić information content (AvgIpc) is 3.19. The Hall–Kier alpha value is -2.38. The molecule has 0 unspecified atom stereocenters. The summed E-state index contributed by atoms with van der Waals surface area (Å²) in [5, 5.41) is 2.97. The summed E-state index contributed by atoms with van der Waals surface area (Å²) >= 11 is 0. The predicted octanol–water partition coefficient (Wildman–Crippen LogP) is 3.50. The van der Waals surface area contributed by atoms with E-state index >= 15 is 0 Å². The van der Waals surface area contributed by atoms with Gasteiger partial charge in [-0.15, -0.1) is 0 Å². The highest BCUT2D eigenvalue weighted by Crippen LogP contribution is 2.27. The predicted molar refractivity (Wildman–Crippen MR) is 112 cm³/mol. The Labute approximate surface area is 172 Å². The highest BCUT2D eigenvalue weighted by molar-refractivity contribution is 7.89. The molecule has 0 bridgehead atoms. The normalized spacial score (nSPS) is 18.6. The summed E-state index contributed by atoms with van der Waals surface area (Å²) in [6, 6.07) is 14.9. The van der Waals surface area contributed by atoms with E-state index < -0.39 is 16.1 Å². The quantitative estimate of drug-likeness (QED) is 0.750. The topological polar surface area (TPSA) is 75.7 Å². The lowest BCUT2D eigenvalue weighted by Crippen LogP contribution is -2.46. The maximum Gasteiger partial charge on any atom is 0.243 e. The van der Waals surface area contributed by atoms with Crippen molar-refractivity contribution in [3.63, 3.8) is 0 Å². The van der Waals surface area contributed by atoms with Crippen LogP contribution in [-0.4, -0.2) is 37.3 Å². The van der Waals surface area contributed by atoms with Crippen LogP contribution in [0, 0.1) is 0 Å². The molecule has 0 saturated carbocycles. The van der Waals surface area contributed by atoms with Gasteiger partial charge in [-0.05, 0) is 63.4 Å². The van der Waals surface area contributed by atoms with Crippen molar-refractivity contribution in [2.45, 2.75) is 56.7 Å². The molecule has 156 valence electrons. The van der Waals surface area contributed by atoms with Crippen LogP contribution in [0.4, 0.5) is 0 Å². The van der Waals surface area contributed by atoms with Gasteiger partial charge in [-0.1, -0.05) is 30.3 Å². The monoisotopic (exact) mass is 416 g/mol. The first-order valence-corrected chi connectivity index (χ1v) is 11.4. The molecule has 1 amide bonds. The van der Waals surface area contributed by atoms with Gasteiger partial charge in [-0.25, -0.2) is 8.42 Å².